The molecule has 0 bridgehead atoms. The number of anilines is 1. The molecule has 0 amide bonds. The van der Waals surface area contributed by atoms with Crippen molar-refractivity contribution >= 4 is 17.3 Å². The van der Waals surface area contributed by atoms with Crippen LogP contribution in [-0.2, 0) is 0 Å². The summed E-state index contributed by atoms with van der Waals surface area (Å²) in [6, 6.07) is 5.72. The molecule has 1 aromatic carbocycles. The molecule has 2 rings (SSSR count). The molecule has 4 N–H and O–H groups in total. The molecule has 0 aromatic heterocycles. The van der Waals surface area contributed by atoms with E-state index in [4.69, 9.17) is 23.1 Å². The van der Waals surface area contributed by atoms with Crippen LogP contribution in [0, 0.1) is 5.92 Å². The minimum atomic E-state index is 0.00222. The van der Waals surface area contributed by atoms with E-state index >= 15 is 0 Å². The molecule has 1 heterocycles. The lowest BCUT2D eigenvalue weighted by atomic mass is 9.85. The van der Waals surface area contributed by atoms with E-state index in [-0.39, 0.29) is 6.04 Å². The zero-order chi connectivity index (χ0) is 12.4. The lowest BCUT2D eigenvalue weighted by Crippen LogP contribution is -2.35. The monoisotopic (exact) mass is 253 g/mol. The Hall–Kier alpha value is -0.770. The molecule has 1 aliphatic rings. The van der Waals surface area contributed by atoms with Gasteiger partial charge in [0.15, 0.2) is 0 Å². The van der Waals surface area contributed by atoms with Crippen molar-refractivity contribution in [2.24, 2.45) is 11.7 Å². The van der Waals surface area contributed by atoms with Crippen LogP contribution in [0.4, 0.5) is 5.69 Å². The molecule has 1 aromatic rings. The first-order valence-corrected chi connectivity index (χ1v) is 6.45. The third-order valence-corrected chi connectivity index (χ3v) is 4.05. The molecule has 1 fully saturated rings. The van der Waals surface area contributed by atoms with Gasteiger partial charge in [0.05, 0.1) is 10.7 Å². The number of nitrogens with two attached hydrogens (primary N) is 2. The van der Waals surface area contributed by atoms with Crippen molar-refractivity contribution in [2.45, 2.75) is 18.9 Å². The molecule has 0 saturated carbocycles. The first-order valence-electron chi connectivity index (χ1n) is 6.07. The number of hydrogen-bond donors (Lipinski definition) is 2. The van der Waals surface area contributed by atoms with Crippen LogP contribution in [0.15, 0.2) is 18.2 Å². The summed E-state index contributed by atoms with van der Waals surface area (Å²) in [6.07, 6.45) is 2.26. The van der Waals surface area contributed by atoms with Crippen molar-refractivity contribution in [3.63, 3.8) is 0 Å². The Morgan fingerprint density at radius 3 is 2.65 bits per heavy atom. The predicted octanol–water partition coefficient (Wildman–Crippen LogP) is 2.26. The molecule has 1 saturated heterocycles. The number of likely N-dealkylation sites (tertiary alicyclic amines) is 1. The van der Waals surface area contributed by atoms with Gasteiger partial charge in [-0.3, -0.25) is 0 Å². The molecule has 1 aliphatic heterocycles. The minimum Gasteiger partial charge on any atom is -0.397 e. The number of hydrogen-bond acceptors (Lipinski definition) is 3. The third-order valence-electron chi connectivity index (χ3n) is 3.72. The number of nitrogens with zero attached hydrogens (tertiary/aromatic N) is 1. The maximum absolute atomic E-state index is 6.33. The van der Waals surface area contributed by atoms with E-state index in [0.29, 0.717) is 16.6 Å². The van der Waals surface area contributed by atoms with Gasteiger partial charge in [0, 0.05) is 6.04 Å². The SMILES string of the molecule is CN1CCC(C(N)c2cccc(Cl)c2N)CC1. The lowest BCUT2D eigenvalue weighted by molar-refractivity contribution is 0.199. The number of piperidine rings is 1. The average molecular weight is 254 g/mol. The van der Waals surface area contributed by atoms with Crippen LogP contribution in [0.1, 0.15) is 24.4 Å². The molecule has 94 valence electrons. The first-order chi connectivity index (χ1) is 8.09. The standard InChI is InChI=1S/C13H20ClN3/c1-17-7-5-9(6-8-17)12(15)10-3-2-4-11(14)13(10)16/h2-4,9,12H,5-8,15-16H2,1H3. The molecule has 0 spiro atoms. The summed E-state index contributed by atoms with van der Waals surface area (Å²) >= 11 is 6.03. The lowest BCUT2D eigenvalue weighted by Gasteiger charge is -2.33. The predicted molar refractivity (Wildman–Crippen MR) is 73.0 cm³/mol. The first kappa shape index (κ1) is 12.7. The third kappa shape index (κ3) is 2.73. The fourth-order valence-corrected chi connectivity index (χ4v) is 2.67. The molecule has 1 atom stereocenters. The summed E-state index contributed by atoms with van der Waals surface area (Å²) < 4.78 is 0. The molecular formula is C13H20ClN3. The van der Waals surface area contributed by atoms with Crippen molar-refractivity contribution in [2.75, 3.05) is 25.9 Å². The summed E-state index contributed by atoms with van der Waals surface area (Å²) in [4.78, 5) is 2.34. The number of benzene rings is 1. The van der Waals surface area contributed by atoms with Crippen LogP contribution in [-0.4, -0.2) is 25.0 Å². The van der Waals surface area contributed by atoms with Crippen molar-refractivity contribution in [3.8, 4) is 0 Å². The number of para-hydroxylation sites is 1. The van der Waals surface area contributed by atoms with Crippen LogP contribution < -0.4 is 11.5 Å². The highest BCUT2D eigenvalue weighted by Crippen LogP contribution is 2.34. The Balaban J connectivity index is 2.14. The molecule has 4 heteroatoms. The highest BCUT2D eigenvalue weighted by atomic mass is 35.5. The molecule has 0 aliphatic carbocycles. The maximum Gasteiger partial charge on any atom is 0.0638 e. The quantitative estimate of drug-likeness (QED) is 0.795. The molecular weight excluding hydrogens is 234 g/mol. The van der Waals surface area contributed by atoms with E-state index in [2.05, 4.69) is 11.9 Å². The summed E-state index contributed by atoms with van der Waals surface area (Å²) in [5, 5.41) is 0.603. The van der Waals surface area contributed by atoms with Crippen LogP contribution in [0.5, 0.6) is 0 Å². The fraction of sp³-hybridized carbons (Fsp3) is 0.538. The second-order valence-electron chi connectivity index (χ2n) is 4.91. The normalized spacial score (nSPS) is 20.4. The largest absolute Gasteiger partial charge is 0.397 e. The number of halogens is 1. The van der Waals surface area contributed by atoms with Crippen molar-refractivity contribution in [1.29, 1.82) is 0 Å². The average Bonchev–Trinajstić information content (AvgIpc) is 2.33. The minimum absolute atomic E-state index is 0.00222. The highest BCUT2D eigenvalue weighted by Gasteiger charge is 2.25. The Morgan fingerprint density at radius 1 is 1.35 bits per heavy atom. The summed E-state index contributed by atoms with van der Waals surface area (Å²) in [7, 11) is 2.15. The van der Waals surface area contributed by atoms with E-state index in [9.17, 15) is 0 Å². The van der Waals surface area contributed by atoms with Gasteiger partial charge in [0.2, 0.25) is 0 Å². The Bertz CT molecular complexity index is 386. The van der Waals surface area contributed by atoms with Crippen LogP contribution in [0.25, 0.3) is 0 Å². The molecule has 3 nitrogen and oxygen atoms in total. The smallest absolute Gasteiger partial charge is 0.0638 e. The Morgan fingerprint density at radius 2 is 2.00 bits per heavy atom. The Labute approximate surface area is 108 Å². The second kappa shape index (κ2) is 5.25. The number of rotatable bonds is 2. The van der Waals surface area contributed by atoms with E-state index < -0.39 is 0 Å². The van der Waals surface area contributed by atoms with Gasteiger partial charge < -0.3 is 16.4 Å². The van der Waals surface area contributed by atoms with Gasteiger partial charge in [0.1, 0.15) is 0 Å². The molecule has 1 unspecified atom stereocenters. The van der Waals surface area contributed by atoms with Gasteiger partial charge in [-0.25, -0.2) is 0 Å². The Kier molecular flexibility index (Phi) is 3.92. The fourth-order valence-electron chi connectivity index (χ4n) is 2.49. The van der Waals surface area contributed by atoms with Gasteiger partial charge in [-0.05, 0) is 50.5 Å². The highest BCUT2D eigenvalue weighted by molar-refractivity contribution is 6.33. The molecule has 17 heavy (non-hydrogen) atoms. The molecule has 0 radical (unpaired) electrons. The van der Waals surface area contributed by atoms with Crippen molar-refractivity contribution < 1.29 is 0 Å². The van der Waals surface area contributed by atoms with Crippen molar-refractivity contribution in [3.05, 3.63) is 28.8 Å². The van der Waals surface area contributed by atoms with Crippen LogP contribution in [0.3, 0.4) is 0 Å². The van der Waals surface area contributed by atoms with Gasteiger partial charge in [-0.1, -0.05) is 23.7 Å². The zero-order valence-corrected chi connectivity index (χ0v) is 11.0. The van der Waals surface area contributed by atoms with Gasteiger partial charge in [-0.15, -0.1) is 0 Å². The van der Waals surface area contributed by atoms with Gasteiger partial charge in [0.25, 0.3) is 0 Å². The van der Waals surface area contributed by atoms with Crippen LogP contribution >= 0.6 is 11.6 Å². The van der Waals surface area contributed by atoms with E-state index in [1.807, 2.05) is 18.2 Å². The van der Waals surface area contributed by atoms with Crippen LogP contribution in [0.2, 0.25) is 5.02 Å². The number of nitrogen functional groups attached to an aromatic ring is 1. The summed E-state index contributed by atoms with van der Waals surface area (Å²) in [5.41, 5.74) is 14.0. The maximum atomic E-state index is 6.33. The van der Waals surface area contributed by atoms with E-state index in [0.717, 1.165) is 31.5 Å². The topological polar surface area (TPSA) is 55.3 Å². The van der Waals surface area contributed by atoms with E-state index in [1.165, 1.54) is 0 Å². The van der Waals surface area contributed by atoms with Gasteiger partial charge >= 0.3 is 0 Å². The zero-order valence-electron chi connectivity index (χ0n) is 10.2. The summed E-state index contributed by atoms with van der Waals surface area (Å²) in [5.74, 6) is 0.506. The van der Waals surface area contributed by atoms with Gasteiger partial charge in [-0.2, -0.15) is 0 Å². The van der Waals surface area contributed by atoms with Crippen molar-refractivity contribution in [1.82, 2.24) is 4.90 Å². The summed E-state index contributed by atoms with van der Waals surface area (Å²) in [6.45, 7) is 2.22. The van der Waals surface area contributed by atoms with E-state index in [1.54, 1.807) is 0 Å². The second-order valence-corrected chi connectivity index (χ2v) is 5.32.